The van der Waals surface area contributed by atoms with Crippen molar-refractivity contribution >= 4 is 5.91 Å². The second-order valence-corrected chi connectivity index (χ2v) is 4.18. The number of hydrogen-bond donors (Lipinski definition) is 3. The number of phenols is 1. The van der Waals surface area contributed by atoms with Gasteiger partial charge in [0.15, 0.2) is 11.6 Å². The quantitative estimate of drug-likeness (QED) is 0.730. The van der Waals surface area contributed by atoms with Gasteiger partial charge in [-0.3, -0.25) is 4.79 Å². The number of benzene rings is 1. The number of aromatic hydroxyl groups is 1. The minimum Gasteiger partial charge on any atom is -0.505 e. The van der Waals surface area contributed by atoms with Gasteiger partial charge in [-0.1, -0.05) is 12.1 Å². The molecule has 1 aromatic carbocycles. The predicted molar refractivity (Wildman–Crippen MR) is 60.9 cm³/mol. The molecule has 0 spiro atoms. The molecular formula is C12H15FN2O2. The first-order valence-electron chi connectivity index (χ1n) is 5.63. The Balaban J connectivity index is 1.82. The summed E-state index contributed by atoms with van der Waals surface area (Å²) >= 11 is 0. The summed E-state index contributed by atoms with van der Waals surface area (Å²) in [6.07, 6.45) is 1.39. The molecule has 5 heteroatoms. The van der Waals surface area contributed by atoms with E-state index in [4.69, 9.17) is 0 Å². The molecule has 1 aliphatic rings. The van der Waals surface area contributed by atoms with Crippen molar-refractivity contribution in [3.05, 3.63) is 29.6 Å². The normalized spacial score (nSPS) is 19.4. The van der Waals surface area contributed by atoms with Gasteiger partial charge in [0.25, 0.3) is 0 Å². The van der Waals surface area contributed by atoms with Gasteiger partial charge in [0.2, 0.25) is 5.91 Å². The molecule has 0 radical (unpaired) electrons. The van der Waals surface area contributed by atoms with Crippen molar-refractivity contribution in [3.63, 3.8) is 0 Å². The molecule has 1 atom stereocenters. The Labute approximate surface area is 98.8 Å². The van der Waals surface area contributed by atoms with Crippen LogP contribution >= 0.6 is 0 Å². The molecule has 92 valence electrons. The zero-order valence-corrected chi connectivity index (χ0v) is 9.37. The van der Waals surface area contributed by atoms with Crippen molar-refractivity contribution in [2.45, 2.75) is 25.4 Å². The maximum Gasteiger partial charge on any atom is 0.220 e. The summed E-state index contributed by atoms with van der Waals surface area (Å²) in [7, 11) is 0. The van der Waals surface area contributed by atoms with Crippen LogP contribution in [0.25, 0.3) is 0 Å². The molecule has 1 aliphatic heterocycles. The molecule has 1 aromatic rings. The van der Waals surface area contributed by atoms with Gasteiger partial charge in [-0.2, -0.15) is 0 Å². The highest BCUT2D eigenvalue weighted by atomic mass is 19.1. The molecule has 4 nitrogen and oxygen atoms in total. The number of phenolic OH excluding ortho intramolecular Hbond substituents is 1. The highest BCUT2D eigenvalue weighted by Gasteiger charge is 2.19. The van der Waals surface area contributed by atoms with Gasteiger partial charge in [-0.05, 0) is 12.5 Å². The van der Waals surface area contributed by atoms with E-state index in [1.807, 2.05) is 0 Å². The summed E-state index contributed by atoms with van der Waals surface area (Å²) in [6, 6.07) is 4.58. The highest BCUT2D eigenvalue weighted by molar-refractivity contribution is 5.78. The maximum absolute atomic E-state index is 13.0. The first-order chi connectivity index (χ1) is 8.16. The summed E-state index contributed by atoms with van der Waals surface area (Å²) in [5.41, 5.74) is 0.523. The number of nitrogens with one attached hydrogen (secondary N) is 2. The molecule has 1 amide bonds. The van der Waals surface area contributed by atoms with Gasteiger partial charge in [-0.15, -0.1) is 0 Å². The minimum absolute atomic E-state index is 0.0744. The maximum atomic E-state index is 13.0. The number of carbonyl (C=O) groups excluding carboxylic acids is 1. The van der Waals surface area contributed by atoms with Gasteiger partial charge in [0.05, 0.1) is 0 Å². The van der Waals surface area contributed by atoms with E-state index in [0.717, 1.165) is 6.42 Å². The zero-order chi connectivity index (χ0) is 12.3. The van der Waals surface area contributed by atoms with Crippen LogP contribution in [0.4, 0.5) is 4.39 Å². The highest BCUT2D eigenvalue weighted by Crippen LogP contribution is 2.20. The Morgan fingerprint density at radius 1 is 1.53 bits per heavy atom. The lowest BCUT2D eigenvalue weighted by atomic mass is 10.2. The number of hydrogen-bond acceptors (Lipinski definition) is 3. The summed E-state index contributed by atoms with van der Waals surface area (Å²) < 4.78 is 13.0. The third kappa shape index (κ3) is 2.94. The average molecular weight is 238 g/mol. The standard InChI is InChI=1S/C12H15FN2O2/c13-10-3-1-2-8(12(10)17)6-14-7-9-4-5-11(16)15-9/h1-3,9,14,17H,4-7H2,(H,15,16). The van der Waals surface area contributed by atoms with Crippen LogP contribution < -0.4 is 10.6 Å². The molecule has 0 aliphatic carbocycles. The molecule has 3 N–H and O–H groups in total. The van der Waals surface area contributed by atoms with E-state index >= 15 is 0 Å². The van der Waals surface area contributed by atoms with Crippen LogP contribution in [0, 0.1) is 5.82 Å². The van der Waals surface area contributed by atoms with Crippen LogP contribution in [0.3, 0.4) is 0 Å². The monoisotopic (exact) mass is 238 g/mol. The van der Waals surface area contributed by atoms with Crippen LogP contribution in [0.15, 0.2) is 18.2 Å². The summed E-state index contributed by atoms with van der Waals surface area (Å²) in [4.78, 5) is 11.0. The number of amides is 1. The van der Waals surface area contributed by atoms with Crippen molar-refractivity contribution in [2.24, 2.45) is 0 Å². The first-order valence-corrected chi connectivity index (χ1v) is 5.63. The van der Waals surface area contributed by atoms with E-state index in [-0.39, 0.29) is 17.7 Å². The fourth-order valence-electron chi connectivity index (χ4n) is 1.91. The molecule has 0 saturated carbocycles. The van der Waals surface area contributed by atoms with Gasteiger partial charge in [-0.25, -0.2) is 4.39 Å². The predicted octanol–water partition coefficient (Wildman–Crippen LogP) is 0.899. The van der Waals surface area contributed by atoms with E-state index in [1.54, 1.807) is 12.1 Å². The van der Waals surface area contributed by atoms with E-state index < -0.39 is 5.82 Å². The number of rotatable bonds is 4. The zero-order valence-electron chi connectivity index (χ0n) is 9.37. The van der Waals surface area contributed by atoms with E-state index in [1.165, 1.54) is 6.07 Å². The van der Waals surface area contributed by atoms with Gasteiger partial charge >= 0.3 is 0 Å². The molecule has 0 aromatic heterocycles. The third-order valence-corrected chi connectivity index (χ3v) is 2.86. The smallest absolute Gasteiger partial charge is 0.220 e. The molecule has 1 fully saturated rings. The van der Waals surface area contributed by atoms with Crippen molar-refractivity contribution in [3.8, 4) is 5.75 Å². The summed E-state index contributed by atoms with van der Waals surface area (Å²) in [5.74, 6) is -0.848. The van der Waals surface area contributed by atoms with Crippen molar-refractivity contribution in [1.82, 2.24) is 10.6 Å². The molecule has 1 heterocycles. The molecular weight excluding hydrogens is 223 g/mol. The van der Waals surface area contributed by atoms with E-state index in [9.17, 15) is 14.3 Å². The van der Waals surface area contributed by atoms with Gasteiger partial charge in [0, 0.05) is 31.1 Å². The fraction of sp³-hybridized carbons (Fsp3) is 0.417. The SMILES string of the molecule is O=C1CCC(CNCc2cccc(F)c2O)N1. The fourth-order valence-corrected chi connectivity index (χ4v) is 1.91. The summed E-state index contributed by atoms with van der Waals surface area (Å²) in [6.45, 7) is 1.01. The lowest BCUT2D eigenvalue weighted by Gasteiger charge is -2.12. The Hall–Kier alpha value is -1.62. The topological polar surface area (TPSA) is 61.4 Å². The Morgan fingerprint density at radius 3 is 3.06 bits per heavy atom. The number of carbonyl (C=O) groups is 1. The van der Waals surface area contributed by atoms with E-state index in [0.29, 0.717) is 25.1 Å². The lowest BCUT2D eigenvalue weighted by molar-refractivity contribution is -0.119. The van der Waals surface area contributed by atoms with Crippen LogP contribution in [0.2, 0.25) is 0 Å². The second-order valence-electron chi connectivity index (χ2n) is 4.18. The van der Waals surface area contributed by atoms with Crippen molar-refractivity contribution in [2.75, 3.05) is 6.54 Å². The summed E-state index contributed by atoms with van der Waals surface area (Å²) in [5, 5.41) is 15.4. The Kier molecular flexibility index (Phi) is 3.58. The number of halogens is 1. The minimum atomic E-state index is -0.613. The molecule has 17 heavy (non-hydrogen) atoms. The van der Waals surface area contributed by atoms with Crippen LogP contribution in [0.5, 0.6) is 5.75 Å². The van der Waals surface area contributed by atoms with Crippen molar-refractivity contribution in [1.29, 1.82) is 0 Å². The van der Waals surface area contributed by atoms with Crippen molar-refractivity contribution < 1.29 is 14.3 Å². The largest absolute Gasteiger partial charge is 0.505 e. The Bertz CT molecular complexity index is 423. The molecule has 1 unspecified atom stereocenters. The number of para-hydroxylation sites is 1. The third-order valence-electron chi connectivity index (χ3n) is 2.86. The van der Waals surface area contributed by atoms with Gasteiger partial charge < -0.3 is 15.7 Å². The second kappa shape index (κ2) is 5.14. The molecule has 0 bridgehead atoms. The van der Waals surface area contributed by atoms with Crippen LogP contribution in [-0.4, -0.2) is 23.6 Å². The van der Waals surface area contributed by atoms with Crippen LogP contribution in [-0.2, 0) is 11.3 Å². The molecule has 2 rings (SSSR count). The first kappa shape index (κ1) is 11.9. The Morgan fingerprint density at radius 2 is 2.35 bits per heavy atom. The van der Waals surface area contributed by atoms with Crippen LogP contribution in [0.1, 0.15) is 18.4 Å². The average Bonchev–Trinajstić information content (AvgIpc) is 2.70. The van der Waals surface area contributed by atoms with E-state index in [2.05, 4.69) is 10.6 Å². The molecule has 1 saturated heterocycles. The van der Waals surface area contributed by atoms with Gasteiger partial charge in [0.1, 0.15) is 0 Å². The lowest BCUT2D eigenvalue weighted by Crippen LogP contribution is -2.35.